The molecule has 0 atom stereocenters. The molecule has 0 radical (unpaired) electrons. The van der Waals surface area contributed by atoms with Crippen molar-refractivity contribution in [3.63, 3.8) is 0 Å². The predicted molar refractivity (Wildman–Crippen MR) is 113 cm³/mol. The van der Waals surface area contributed by atoms with Crippen LogP contribution < -0.4 is 10.0 Å². The number of aliphatic carboxylic acids is 1. The van der Waals surface area contributed by atoms with Gasteiger partial charge in [0.25, 0.3) is 0 Å². The van der Waals surface area contributed by atoms with Crippen molar-refractivity contribution in [2.24, 2.45) is 10.6 Å². The quantitative estimate of drug-likeness (QED) is 0.619. The molecule has 0 saturated carbocycles. The fourth-order valence-electron chi connectivity index (χ4n) is 4.06. The minimum atomic E-state index is -3.98. The van der Waals surface area contributed by atoms with E-state index < -0.39 is 21.4 Å². The summed E-state index contributed by atoms with van der Waals surface area (Å²) in [5, 5.41) is 15.1. The van der Waals surface area contributed by atoms with Gasteiger partial charge < -0.3 is 5.11 Å². The van der Waals surface area contributed by atoms with Crippen LogP contribution in [-0.4, -0.2) is 37.4 Å². The number of hydrogen-bond acceptors (Lipinski definition) is 6. The lowest BCUT2D eigenvalue weighted by molar-refractivity contribution is -0.144. The Morgan fingerprint density at radius 1 is 1.17 bits per heavy atom. The van der Waals surface area contributed by atoms with Crippen molar-refractivity contribution in [3.05, 3.63) is 53.6 Å². The average Bonchev–Trinajstić information content (AvgIpc) is 3.26. The van der Waals surface area contributed by atoms with Gasteiger partial charge in [-0.05, 0) is 36.1 Å². The Labute approximate surface area is 177 Å². The first-order valence-corrected chi connectivity index (χ1v) is 11.5. The van der Waals surface area contributed by atoms with Crippen LogP contribution in [0.1, 0.15) is 17.5 Å². The summed E-state index contributed by atoms with van der Waals surface area (Å²) >= 11 is 1.15. The van der Waals surface area contributed by atoms with Crippen LogP contribution in [0.4, 0.5) is 5.13 Å². The van der Waals surface area contributed by atoms with Gasteiger partial charge >= 0.3 is 5.97 Å². The molecule has 2 aromatic carbocycles. The molecule has 4 rings (SSSR count). The summed E-state index contributed by atoms with van der Waals surface area (Å²) in [7, 11) is -2.45. The standard InChI is InChI=1S/C20H19N3O5S2/c1-23(19-22-17-14(29-19)7-4-8-15(17)30(21,27)28)18(26)20(11-16(24)25)9-12-5-2-3-6-13(12)10-20/h2-8H,9-11H2,1H3,(H,24,25)(H2,21,27,28). The molecule has 10 heteroatoms. The molecule has 1 aliphatic carbocycles. The highest BCUT2D eigenvalue weighted by Crippen LogP contribution is 2.43. The number of anilines is 1. The first-order chi connectivity index (χ1) is 14.1. The van der Waals surface area contributed by atoms with Gasteiger partial charge in [0.1, 0.15) is 10.4 Å². The number of carboxylic acid groups (broad SMARTS) is 1. The number of carbonyl (C=O) groups is 2. The van der Waals surface area contributed by atoms with Crippen LogP contribution in [0.15, 0.2) is 47.4 Å². The molecule has 8 nitrogen and oxygen atoms in total. The molecular weight excluding hydrogens is 426 g/mol. The van der Waals surface area contributed by atoms with Crippen molar-refractivity contribution in [2.45, 2.75) is 24.2 Å². The first kappa shape index (κ1) is 20.5. The van der Waals surface area contributed by atoms with Crippen molar-refractivity contribution in [1.29, 1.82) is 0 Å². The number of thiazole rings is 1. The Bertz CT molecular complexity index is 1260. The van der Waals surface area contributed by atoms with Crippen molar-refractivity contribution < 1.29 is 23.1 Å². The third kappa shape index (κ3) is 3.47. The number of hydrogen-bond donors (Lipinski definition) is 2. The summed E-state index contributed by atoms with van der Waals surface area (Å²) in [6.45, 7) is 0. The highest BCUT2D eigenvalue weighted by molar-refractivity contribution is 7.89. The molecule has 3 N–H and O–H groups in total. The number of rotatable bonds is 5. The molecule has 0 saturated heterocycles. The SMILES string of the molecule is CN(C(=O)C1(CC(=O)O)Cc2ccccc2C1)c1nc2c(S(N)(=O)=O)cccc2s1. The zero-order valence-corrected chi connectivity index (χ0v) is 17.7. The molecule has 0 fully saturated rings. The lowest BCUT2D eigenvalue weighted by atomic mass is 9.80. The van der Waals surface area contributed by atoms with E-state index in [2.05, 4.69) is 4.98 Å². The van der Waals surface area contributed by atoms with Gasteiger partial charge in [-0.15, -0.1) is 0 Å². The number of primary sulfonamides is 1. The minimum absolute atomic E-state index is 0.114. The second-order valence-electron chi connectivity index (χ2n) is 7.48. The molecule has 3 aromatic rings. The zero-order chi connectivity index (χ0) is 21.7. The molecule has 0 aliphatic heterocycles. The Morgan fingerprint density at radius 3 is 2.37 bits per heavy atom. The molecule has 156 valence electrons. The molecule has 0 bridgehead atoms. The number of nitrogens with zero attached hydrogens (tertiary/aromatic N) is 2. The normalized spacial score (nSPS) is 15.1. The van der Waals surface area contributed by atoms with Gasteiger partial charge in [-0.1, -0.05) is 41.7 Å². The van der Waals surface area contributed by atoms with Crippen molar-refractivity contribution in [2.75, 3.05) is 11.9 Å². The van der Waals surface area contributed by atoms with Crippen LogP contribution in [0.2, 0.25) is 0 Å². The number of nitrogens with two attached hydrogens (primary N) is 1. The van der Waals surface area contributed by atoms with Crippen molar-refractivity contribution >= 4 is 48.6 Å². The number of aromatic nitrogens is 1. The number of fused-ring (bicyclic) bond motifs is 2. The highest BCUT2D eigenvalue weighted by Gasteiger charge is 2.47. The van der Waals surface area contributed by atoms with Gasteiger partial charge in [0, 0.05) is 7.05 Å². The van der Waals surface area contributed by atoms with Gasteiger partial charge in [0.05, 0.1) is 16.5 Å². The van der Waals surface area contributed by atoms with Gasteiger partial charge in [-0.25, -0.2) is 18.5 Å². The van der Waals surface area contributed by atoms with Crippen LogP contribution in [0.3, 0.4) is 0 Å². The number of amides is 1. The van der Waals surface area contributed by atoms with E-state index in [9.17, 15) is 23.1 Å². The van der Waals surface area contributed by atoms with Gasteiger partial charge in [-0.3, -0.25) is 14.5 Å². The number of carbonyl (C=O) groups excluding carboxylic acids is 1. The second kappa shape index (κ2) is 7.15. The number of sulfonamides is 1. The number of carboxylic acids is 1. The third-order valence-electron chi connectivity index (χ3n) is 5.39. The molecule has 1 amide bonds. The second-order valence-corrected chi connectivity index (χ2v) is 10.0. The fourth-order valence-corrected chi connectivity index (χ4v) is 5.77. The molecule has 1 aliphatic rings. The van der Waals surface area contributed by atoms with E-state index in [1.54, 1.807) is 12.1 Å². The van der Waals surface area contributed by atoms with E-state index in [-0.39, 0.29) is 27.9 Å². The van der Waals surface area contributed by atoms with Crippen LogP contribution in [0.25, 0.3) is 10.2 Å². The summed E-state index contributed by atoms with van der Waals surface area (Å²) in [6.07, 6.45) is 0.343. The van der Waals surface area contributed by atoms with Crippen molar-refractivity contribution in [1.82, 2.24) is 4.98 Å². The maximum atomic E-state index is 13.5. The lowest BCUT2D eigenvalue weighted by Gasteiger charge is -2.30. The number of benzene rings is 2. The average molecular weight is 446 g/mol. The summed E-state index contributed by atoms with van der Waals surface area (Å²) in [5.41, 5.74) is 0.995. The Kier molecular flexibility index (Phi) is 4.88. The Balaban J connectivity index is 1.74. The van der Waals surface area contributed by atoms with E-state index in [1.807, 2.05) is 24.3 Å². The molecule has 1 heterocycles. The van der Waals surface area contributed by atoms with Crippen LogP contribution in [0.5, 0.6) is 0 Å². The summed E-state index contributed by atoms with van der Waals surface area (Å²) in [5.74, 6) is -1.41. The molecule has 0 spiro atoms. The third-order valence-corrected chi connectivity index (χ3v) is 7.43. The Morgan fingerprint density at radius 2 is 1.80 bits per heavy atom. The monoisotopic (exact) mass is 445 g/mol. The Hall–Kier alpha value is -2.82. The summed E-state index contributed by atoms with van der Waals surface area (Å²) in [6, 6.07) is 12.2. The summed E-state index contributed by atoms with van der Waals surface area (Å²) < 4.78 is 24.3. The maximum absolute atomic E-state index is 13.5. The van der Waals surface area contributed by atoms with Gasteiger partial charge in [0.15, 0.2) is 5.13 Å². The zero-order valence-electron chi connectivity index (χ0n) is 16.0. The van der Waals surface area contributed by atoms with Crippen molar-refractivity contribution in [3.8, 4) is 0 Å². The van der Waals surface area contributed by atoms with Gasteiger partial charge in [-0.2, -0.15) is 0 Å². The lowest BCUT2D eigenvalue weighted by Crippen LogP contribution is -2.44. The van der Waals surface area contributed by atoms with E-state index in [0.29, 0.717) is 17.5 Å². The molecule has 1 aromatic heterocycles. The summed E-state index contributed by atoms with van der Waals surface area (Å²) in [4.78, 5) is 30.7. The number of para-hydroxylation sites is 1. The van der Waals surface area contributed by atoms with E-state index in [1.165, 1.54) is 18.0 Å². The van der Waals surface area contributed by atoms with Crippen LogP contribution >= 0.6 is 11.3 Å². The van der Waals surface area contributed by atoms with E-state index >= 15 is 0 Å². The van der Waals surface area contributed by atoms with Crippen LogP contribution in [-0.2, 0) is 32.5 Å². The smallest absolute Gasteiger partial charge is 0.304 e. The maximum Gasteiger partial charge on any atom is 0.304 e. The topological polar surface area (TPSA) is 131 Å². The minimum Gasteiger partial charge on any atom is -0.481 e. The van der Waals surface area contributed by atoms with E-state index in [4.69, 9.17) is 5.14 Å². The molecule has 0 unspecified atom stereocenters. The molecule has 30 heavy (non-hydrogen) atoms. The first-order valence-electron chi connectivity index (χ1n) is 9.10. The van der Waals surface area contributed by atoms with Gasteiger partial charge in [0.2, 0.25) is 15.9 Å². The highest BCUT2D eigenvalue weighted by atomic mass is 32.2. The van der Waals surface area contributed by atoms with E-state index in [0.717, 1.165) is 22.5 Å². The molecular formula is C20H19N3O5S2. The van der Waals surface area contributed by atoms with Crippen LogP contribution in [0, 0.1) is 5.41 Å². The largest absolute Gasteiger partial charge is 0.481 e. The fraction of sp³-hybridized carbons (Fsp3) is 0.250. The predicted octanol–water partition coefficient (Wildman–Crippen LogP) is 2.17.